The zero-order valence-corrected chi connectivity index (χ0v) is 38.7. The molecule has 0 atom stereocenters. The average Bonchev–Trinajstić information content (AvgIpc) is 3.49. The fourth-order valence-corrected chi connectivity index (χ4v) is 9.15. The van der Waals surface area contributed by atoms with Crippen molar-refractivity contribution in [3.8, 4) is 0 Å². The lowest BCUT2D eigenvalue weighted by atomic mass is 9.89. The number of allylic oxidation sites excluding steroid dienone is 2. The van der Waals surface area contributed by atoms with Gasteiger partial charge in [-0.2, -0.15) is 0 Å². The number of nitrogens with zero attached hydrogens (tertiary/aromatic N) is 2. The fraction of sp³-hybridized carbons (Fsp3) is 0.709. The van der Waals surface area contributed by atoms with Gasteiger partial charge in [0, 0.05) is 22.3 Å². The highest BCUT2D eigenvalue weighted by molar-refractivity contribution is 5.82. The normalized spacial score (nSPS) is 13.2. The third-order valence-electron chi connectivity index (χ3n) is 12.6. The van der Waals surface area contributed by atoms with E-state index in [4.69, 9.17) is 0 Å². The highest BCUT2D eigenvalue weighted by Crippen LogP contribution is 2.45. The molecule has 2 aromatic carbocycles. The van der Waals surface area contributed by atoms with Crippen LogP contribution in [0.1, 0.15) is 261 Å². The van der Waals surface area contributed by atoms with Gasteiger partial charge in [0.25, 0.3) is 0 Å². The van der Waals surface area contributed by atoms with E-state index in [2.05, 4.69) is 77.9 Å². The van der Waals surface area contributed by atoms with Gasteiger partial charge in [-0.1, -0.05) is 189 Å². The third kappa shape index (κ3) is 18.1. The molecule has 2 nitrogen and oxygen atoms in total. The predicted molar refractivity (Wildman–Crippen MR) is 253 cm³/mol. The standard InChI is InChI=1S/C55H90N2/c1-7-13-19-21-23-25-27-32-36-48-41-49(37-33-28-26-24-22-20-14-8-2)45-50(44-48)54-52(38-18-12-6)53(39-31-17-11-5)55(57(54)56)51-42-46(34-29-15-9-3)40-47(43-51)35-30-16-10-4/h40-45H,7-39H2,1-6H3. The van der Waals surface area contributed by atoms with Crippen molar-refractivity contribution < 1.29 is 4.70 Å². The fourth-order valence-electron chi connectivity index (χ4n) is 9.15. The Bertz CT molecular complexity index is 1390. The van der Waals surface area contributed by atoms with Crippen LogP contribution in [-0.4, -0.2) is 4.70 Å². The molecule has 1 heterocycles. The SMILES string of the molecule is CCCCCCCCCCc1cc(CCCCCCCCCC)cc(C2=C(CCCC)C(CCCCC)=C(c3cc(CCCCC)cc(CCCCC)c3)[N+]2=[N-])c1. The van der Waals surface area contributed by atoms with Crippen LogP contribution in [0.4, 0.5) is 0 Å². The van der Waals surface area contributed by atoms with Gasteiger partial charge in [0.15, 0.2) is 0 Å². The number of benzene rings is 2. The van der Waals surface area contributed by atoms with Crippen LogP contribution in [0.15, 0.2) is 47.5 Å². The number of rotatable bonds is 35. The second-order valence-electron chi connectivity index (χ2n) is 18.0. The maximum Gasteiger partial charge on any atom is 0.211 e. The number of hydrogen-bond donors (Lipinski definition) is 0. The van der Waals surface area contributed by atoms with Crippen molar-refractivity contribution in [3.05, 3.63) is 86.5 Å². The van der Waals surface area contributed by atoms with Crippen LogP contribution in [0.2, 0.25) is 0 Å². The average molecular weight is 779 g/mol. The van der Waals surface area contributed by atoms with Gasteiger partial charge in [-0.3, -0.25) is 0 Å². The van der Waals surface area contributed by atoms with E-state index in [9.17, 15) is 5.53 Å². The van der Waals surface area contributed by atoms with E-state index in [1.54, 1.807) is 4.70 Å². The molecule has 3 rings (SSSR count). The molecule has 0 aromatic heterocycles. The molecular weight excluding hydrogens is 689 g/mol. The minimum atomic E-state index is 1.03. The summed E-state index contributed by atoms with van der Waals surface area (Å²) in [4.78, 5) is 0. The molecule has 320 valence electrons. The summed E-state index contributed by atoms with van der Waals surface area (Å²) in [6.45, 7) is 13.9. The summed E-state index contributed by atoms with van der Waals surface area (Å²) in [6.07, 6.45) is 41.7. The van der Waals surface area contributed by atoms with Crippen LogP contribution in [0.5, 0.6) is 0 Å². The summed E-state index contributed by atoms with van der Waals surface area (Å²) >= 11 is 0. The summed E-state index contributed by atoms with van der Waals surface area (Å²) in [6, 6.07) is 14.9. The van der Waals surface area contributed by atoms with Gasteiger partial charge in [-0.25, -0.2) is 4.70 Å². The molecule has 0 saturated carbocycles. The number of hydrogen-bond acceptors (Lipinski definition) is 0. The summed E-state index contributed by atoms with van der Waals surface area (Å²) in [5, 5.41) is 0. The number of aryl methyl sites for hydroxylation is 4. The molecule has 57 heavy (non-hydrogen) atoms. The van der Waals surface area contributed by atoms with Gasteiger partial charge in [-0.15, -0.1) is 0 Å². The first-order valence-electron chi connectivity index (χ1n) is 25.2. The first-order chi connectivity index (χ1) is 28.0. The lowest BCUT2D eigenvalue weighted by Gasteiger charge is -2.15. The monoisotopic (exact) mass is 779 g/mol. The first-order valence-corrected chi connectivity index (χ1v) is 25.2. The lowest BCUT2D eigenvalue weighted by Crippen LogP contribution is -2.05. The summed E-state index contributed by atoms with van der Waals surface area (Å²) in [5.41, 5.74) is 26.1. The van der Waals surface area contributed by atoms with Gasteiger partial charge in [-0.05, 0) is 124 Å². The first kappa shape index (κ1) is 48.9. The molecule has 0 amide bonds. The quantitative estimate of drug-likeness (QED) is 0.0492. The van der Waals surface area contributed by atoms with E-state index in [-0.39, 0.29) is 0 Å². The Balaban J connectivity index is 2.04. The maximum absolute atomic E-state index is 12.7. The number of unbranched alkanes of at least 4 members (excludes halogenated alkanes) is 21. The summed E-state index contributed by atoms with van der Waals surface area (Å²) in [5.74, 6) is 0. The zero-order valence-electron chi connectivity index (χ0n) is 38.7. The molecule has 0 unspecified atom stereocenters. The van der Waals surface area contributed by atoms with Crippen molar-refractivity contribution in [2.75, 3.05) is 0 Å². The Morgan fingerprint density at radius 2 is 0.544 bits per heavy atom. The van der Waals surface area contributed by atoms with Gasteiger partial charge in [0.2, 0.25) is 11.4 Å². The molecule has 1 aliphatic heterocycles. The molecule has 0 N–H and O–H groups in total. The van der Waals surface area contributed by atoms with E-state index < -0.39 is 0 Å². The van der Waals surface area contributed by atoms with E-state index in [0.29, 0.717) is 0 Å². The minimum absolute atomic E-state index is 1.03. The second-order valence-corrected chi connectivity index (χ2v) is 18.0. The topological polar surface area (TPSA) is 25.3 Å². The molecule has 0 radical (unpaired) electrons. The largest absolute Gasteiger partial charge is 0.493 e. The van der Waals surface area contributed by atoms with Gasteiger partial charge >= 0.3 is 0 Å². The Kier molecular flexibility index (Phi) is 26.2. The van der Waals surface area contributed by atoms with Gasteiger partial charge in [0.1, 0.15) is 0 Å². The van der Waals surface area contributed by atoms with Crippen molar-refractivity contribution >= 4 is 11.4 Å². The van der Waals surface area contributed by atoms with Crippen LogP contribution in [-0.2, 0) is 25.7 Å². The van der Waals surface area contributed by atoms with Gasteiger partial charge < -0.3 is 5.53 Å². The predicted octanol–water partition coefficient (Wildman–Crippen LogP) is 18.5. The molecule has 2 heteroatoms. The molecular formula is C55H90N2. The summed E-state index contributed by atoms with van der Waals surface area (Å²) < 4.78 is 1.70. The van der Waals surface area contributed by atoms with Crippen LogP contribution in [0.25, 0.3) is 16.9 Å². The maximum atomic E-state index is 12.7. The molecule has 0 fully saturated rings. The van der Waals surface area contributed by atoms with Crippen LogP contribution >= 0.6 is 0 Å². The smallest absolute Gasteiger partial charge is 0.211 e. The van der Waals surface area contributed by atoms with Gasteiger partial charge in [0.05, 0.1) is 0 Å². The van der Waals surface area contributed by atoms with Crippen LogP contribution in [0.3, 0.4) is 0 Å². The van der Waals surface area contributed by atoms with Crippen molar-refractivity contribution in [2.45, 2.75) is 253 Å². The molecule has 0 saturated heterocycles. The second kappa shape index (κ2) is 30.5. The van der Waals surface area contributed by atoms with E-state index in [1.807, 2.05) is 0 Å². The highest BCUT2D eigenvalue weighted by Gasteiger charge is 2.35. The molecule has 0 aliphatic carbocycles. The van der Waals surface area contributed by atoms with E-state index in [0.717, 1.165) is 62.8 Å². The Morgan fingerprint density at radius 3 is 0.877 bits per heavy atom. The van der Waals surface area contributed by atoms with Crippen LogP contribution < -0.4 is 0 Å². The van der Waals surface area contributed by atoms with E-state index in [1.165, 1.54) is 205 Å². The van der Waals surface area contributed by atoms with Crippen LogP contribution in [0, 0.1) is 0 Å². The highest BCUT2D eigenvalue weighted by atomic mass is 15.2. The Morgan fingerprint density at radius 1 is 0.298 bits per heavy atom. The van der Waals surface area contributed by atoms with Crippen molar-refractivity contribution in [1.29, 1.82) is 0 Å². The Labute approximate surface area is 354 Å². The molecule has 0 bridgehead atoms. The van der Waals surface area contributed by atoms with Crippen molar-refractivity contribution in [3.63, 3.8) is 0 Å². The molecule has 1 aliphatic rings. The zero-order chi connectivity index (χ0) is 40.9. The lowest BCUT2D eigenvalue weighted by molar-refractivity contribution is -0.345. The van der Waals surface area contributed by atoms with Crippen molar-refractivity contribution in [2.24, 2.45) is 0 Å². The minimum Gasteiger partial charge on any atom is -0.493 e. The molecule has 2 aromatic rings. The van der Waals surface area contributed by atoms with Crippen molar-refractivity contribution in [1.82, 2.24) is 0 Å². The summed E-state index contributed by atoms with van der Waals surface area (Å²) in [7, 11) is 0. The molecule has 0 spiro atoms. The van der Waals surface area contributed by atoms with E-state index >= 15 is 0 Å². The Hall–Kier alpha value is -2.48. The third-order valence-corrected chi connectivity index (χ3v) is 12.6.